The van der Waals surface area contributed by atoms with Gasteiger partial charge in [0.2, 0.25) is 11.8 Å². The molecule has 5 nitrogen and oxygen atoms in total. The van der Waals surface area contributed by atoms with Crippen molar-refractivity contribution in [1.29, 1.82) is 0 Å². The second-order valence-corrected chi connectivity index (χ2v) is 8.93. The van der Waals surface area contributed by atoms with Crippen LogP contribution in [-0.4, -0.2) is 45.8 Å². The Bertz CT molecular complexity index is 920. The first-order chi connectivity index (χ1) is 14.1. The van der Waals surface area contributed by atoms with Crippen LogP contribution in [0.15, 0.2) is 48.5 Å². The average molecular weight is 407 g/mol. The zero-order valence-corrected chi connectivity index (χ0v) is 16.8. The molecule has 1 N–H and O–H groups in total. The lowest BCUT2D eigenvalue weighted by molar-refractivity contribution is -0.155. The normalized spacial score (nSPS) is 27.4. The third kappa shape index (κ3) is 2.45. The lowest BCUT2D eigenvalue weighted by Crippen LogP contribution is -2.46. The highest BCUT2D eigenvalue weighted by molar-refractivity contribution is 7.98. The fraction of sp³-hybridized carbons (Fsp3) is 0.348. The van der Waals surface area contributed by atoms with Crippen LogP contribution in [0.4, 0.5) is 0 Å². The van der Waals surface area contributed by atoms with Crippen LogP contribution in [0.25, 0.3) is 0 Å². The summed E-state index contributed by atoms with van der Waals surface area (Å²) in [5, 5.41) is 9.77. The van der Waals surface area contributed by atoms with Gasteiger partial charge in [0.1, 0.15) is 6.04 Å². The van der Waals surface area contributed by atoms with Crippen molar-refractivity contribution in [2.24, 2.45) is 11.8 Å². The Labute approximate surface area is 173 Å². The Morgan fingerprint density at radius 2 is 1.34 bits per heavy atom. The molecule has 3 aliphatic carbocycles. The van der Waals surface area contributed by atoms with E-state index in [1.54, 1.807) is 0 Å². The molecule has 0 aromatic heterocycles. The number of rotatable bonds is 5. The highest BCUT2D eigenvalue weighted by Crippen LogP contribution is 2.61. The summed E-state index contributed by atoms with van der Waals surface area (Å²) in [6.07, 6.45) is 2.16. The highest BCUT2D eigenvalue weighted by atomic mass is 32.2. The van der Waals surface area contributed by atoms with Crippen molar-refractivity contribution >= 4 is 29.5 Å². The van der Waals surface area contributed by atoms with E-state index in [-0.39, 0.29) is 30.1 Å². The van der Waals surface area contributed by atoms with E-state index in [0.29, 0.717) is 5.75 Å². The number of nitrogens with zero attached hydrogens (tertiary/aromatic N) is 1. The Morgan fingerprint density at radius 1 is 0.931 bits per heavy atom. The Hall–Kier alpha value is -2.60. The Balaban J connectivity index is 1.65. The van der Waals surface area contributed by atoms with Crippen LogP contribution in [0.5, 0.6) is 0 Å². The summed E-state index contributed by atoms with van der Waals surface area (Å²) >= 11 is 1.51. The van der Waals surface area contributed by atoms with Crippen molar-refractivity contribution in [2.45, 2.75) is 24.3 Å². The van der Waals surface area contributed by atoms with Crippen LogP contribution < -0.4 is 0 Å². The van der Waals surface area contributed by atoms with Crippen molar-refractivity contribution in [3.8, 4) is 0 Å². The van der Waals surface area contributed by atoms with Crippen molar-refractivity contribution in [3.05, 3.63) is 70.8 Å². The molecule has 1 heterocycles. The number of likely N-dealkylation sites (tertiary alicyclic amines) is 1. The average Bonchev–Trinajstić information content (AvgIpc) is 3.00. The number of carboxylic acid groups (broad SMARTS) is 1. The minimum absolute atomic E-state index is 0.200. The molecule has 1 saturated heterocycles. The van der Waals surface area contributed by atoms with Gasteiger partial charge in [-0.15, -0.1) is 0 Å². The molecular weight excluding hydrogens is 386 g/mol. The number of carboxylic acids is 1. The zero-order chi connectivity index (χ0) is 20.3. The van der Waals surface area contributed by atoms with Crippen LogP contribution >= 0.6 is 11.8 Å². The van der Waals surface area contributed by atoms with Gasteiger partial charge in [0.05, 0.1) is 11.8 Å². The molecule has 1 fully saturated rings. The molecule has 0 radical (unpaired) electrons. The summed E-state index contributed by atoms with van der Waals surface area (Å²) in [6, 6.07) is 14.9. The zero-order valence-electron chi connectivity index (χ0n) is 15.9. The molecule has 3 atom stereocenters. The summed E-state index contributed by atoms with van der Waals surface area (Å²) in [4.78, 5) is 40.0. The topological polar surface area (TPSA) is 74.7 Å². The fourth-order valence-electron chi connectivity index (χ4n) is 5.60. The van der Waals surface area contributed by atoms with Gasteiger partial charge in [0.15, 0.2) is 0 Å². The molecule has 6 heteroatoms. The molecule has 148 valence electrons. The molecule has 4 aliphatic rings. The predicted molar refractivity (Wildman–Crippen MR) is 110 cm³/mol. The van der Waals surface area contributed by atoms with E-state index in [9.17, 15) is 19.5 Å². The molecule has 2 amide bonds. The molecule has 29 heavy (non-hydrogen) atoms. The number of aliphatic carboxylic acids is 1. The van der Waals surface area contributed by atoms with Crippen molar-refractivity contribution in [1.82, 2.24) is 4.90 Å². The van der Waals surface area contributed by atoms with E-state index < -0.39 is 23.8 Å². The van der Waals surface area contributed by atoms with Crippen LogP contribution in [0, 0.1) is 11.8 Å². The molecule has 1 aliphatic heterocycles. The summed E-state index contributed by atoms with van der Waals surface area (Å²) in [7, 11) is 0. The predicted octanol–water partition coefficient (Wildman–Crippen LogP) is 3.08. The minimum Gasteiger partial charge on any atom is -0.480 e. The molecule has 2 bridgehead atoms. The summed E-state index contributed by atoms with van der Waals surface area (Å²) in [6.45, 7) is 0. The van der Waals surface area contributed by atoms with Crippen LogP contribution in [-0.2, 0) is 14.4 Å². The highest BCUT2D eigenvalue weighted by Gasteiger charge is 2.62. The Morgan fingerprint density at radius 3 is 1.69 bits per heavy atom. The summed E-state index contributed by atoms with van der Waals surface area (Å²) in [5.74, 6) is -2.62. The first kappa shape index (κ1) is 18.4. The number of amides is 2. The van der Waals surface area contributed by atoms with E-state index >= 15 is 0 Å². The number of imide groups is 1. The maximum Gasteiger partial charge on any atom is 0.326 e. The lowest BCUT2D eigenvalue weighted by atomic mass is 9.55. The third-order valence-electron chi connectivity index (χ3n) is 6.67. The molecule has 2 aromatic rings. The maximum atomic E-state index is 13.5. The standard InChI is InChI=1S/C23H21NO4S/c1-29-11-10-16(23(27)28)24-21(25)19-17-12-6-2-3-7-13(12)18(20(19)22(24)26)15-9-5-4-8-14(15)17/h2-9,16-20H,10-11H2,1H3,(H,27,28). The number of carbonyl (C=O) groups excluding carboxylic acids is 2. The van der Waals surface area contributed by atoms with Crippen molar-refractivity contribution in [2.75, 3.05) is 12.0 Å². The Kier molecular flexibility index (Phi) is 4.28. The second-order valence-electron chi connectivity index (χ2n) is 7.95. The minimum atomic E-state index is -1.11. The van der Waals surface area contributed by atoms with Gasteiger partial charge in [-0.05, 0) is 40.7 Å². The third-order valence-corrected chi connectivity index (χ3v) is 7.32. The fourth-order valence-corrected chi connectivity index (χ4v) is 6.06. The van der Waals surface area contributed by atoms with Gasteiger partial charge in [-0.1, -0.05) is 48.5 Å². The first-order valence-electron chi connectivity index (χ1n) is 9.82. The monoisotopic (exact) mass is 407 g/mol. The van der Waals surface area contributed by atoms with E-state index in [4.69, 9.17) is 0 Å². The van der Waals surface area contributed by atoms with Gasteiger partial charge >= 0.3 is 5.97 Å². The van der Waals surface area contributed by atoms with Crippen LogP contribution in [0.1, 0.15) is 40.5 Å². The van der Waals surface area contributed by atoms with Gasteiger partial charge in [0, 0.05) is 11.8 Å². The maximum absolute atomic E-state index is 13.5. The van der Waals surface area contributed by atoms with E-state index in [1.807, 2.05) is 54.8 Å². The number of thioether (sulfide) groups is 1. The van der Waals surface area contributed by atoms with E-state index in [1.165, 1.54) is 11.8 Å². The first-order valence-corrected chi connectivity index (χ1v) is 11.2. The largest absolute Gasteiger partial charge is 0.480 e. The molecule has 3 unspecified atom stereocenters. The quantitative estimate of drug-likeness (QED) is 0.771. The van der Waals surface area contributed by atoms with E-state index in [2.05, 4.69) is 0 Å². The smallest absolute Gasteiger partial charge is 0.326 e. The molecular formula is C23H21NO4S. The van der Waals surface area contributed by atoms with Gasteiger partial charge in [-0.25, -0.2) is 4.79 Å². The van der Waals surface area contributed by atoms with E-state index in [0.717, 1.165) is 27.2 Å². The lowest BCUT2D eigenvalue weighted by Gasteiger charge is -2.45. The van der Waals surface area contributed by atoms with Gasteiger partial charge in [-0.3, -0.25) is 14.5 Å². The molecule has 0 spiro atoms. The van der Waals surface area contributed by atoms with Gasteiger partial charge in [-0.2, -0.15) is 11.8 Å². The van der Waals surface area contributed by atoms with Gasteiger partial charge < -0.3 is 5.11 Å². The van der Waals surface area contributed by atoms with Crippen molar-refractivity contribution < 1.29 is 19.5 Å². The number of benzene rings is 2. The number of hydrogen-bond donors (Lipinski definition) is 1. The van der Waals surface area contributed by atoms with Gasteiger partial charge in [0.25, 0.3) is 0 Å². The number of hydrogen-bond acceptors (Lipinski definition) is 4. The molecule has 6 rings (SSSR count). The summed E-state index contributed by atoms with van der Waals surface area (Å²) in [5.41, 5.74) is 4.38. The SMILES string of the molecule is CSCCC(C(=O)O)N1C(=O)C2C3c4ccccc4C(c4ccccc43)C2C1=O. The summed E-state index contributed by atoms with van der Waals surface area (Å²) < 4.78 is 0. The molecule has 0 saturated carbocycles. The second kappa shape index (κ2) is 6.73. The van der Waals surface area contributed by atoms with Crippen LogP contribution in [0.3, 0.4) is 0 Å². The van der Waals surface area contributed by atoms with Crippen molar-refractivity contribution in [3.63, 3.8) is 0 Å². The van der Waals surface area contributed by atoms with Crippen LogP contribution in [0.2, 0.25) is 0 Å². The molecule has 2 aromatic carbocycles. The number of carbonyl (C=O) groups is 3.